The number of hydrogen-bond acceptors (Lipinski definition) is 0. The Kier molecular flexibility index (Phi) is 10.4. The fourth-order valence-electron chi connectivity index (χ4n) is 1.95. The SMILES string of the molecule is Cc1ccccc1[N-]CCC[N-]c1ccccc1C.[Cl][Ti][Cl]. The van der Waals surface area contributed by atoms with Crippen molar-refractivity contribution in [2.24, 2.45) is 0 Å². The first-order valence-electron chi connectivity index (χ1n) is 7.11. The maximum atomic E-state index is 4.89. The summed E-state index contributed by atoms with van der Waals surface area (Å²) in [7, 11) is 9.78. The minimum atomic E-state index is -0.556. The Hall–Kier alpha value is -0.666. The van der Waals surface area contributed by atoms with E-state index in [0.717, 1.165) is 30.9 Å². The quantitative estimate of drug-likeness (QED) is 0.396. The average Bonchev–Trinajstić information content (AvgIpc) is 2.51. The van der Waals surface area contributed by atoms with Gasteiger partial charge in [-0.3, -0.25) is 0 Å². The summed E-state index contributed by atoms with van der Waals surface area (Å²) in [4.78, 5) is 0. The third kappa shape index (κ3) is 7.55. The Labute approximate surface area is 150 Å². The molecule has 2 rings (SSSR count). The first-order valence-corrected chi connectivity index (χ1v) is 11.4. The second-order valence-corrected chi connectivity index (χ2v) is 7.34. The fourth-order valence-corrected chi connectivity index (χ4v) is 1.95. The Morgan fingerprint density at radius 2 is 1.14 bits per heavy atom. The Balaban J connectivity index is 0.000000745. The van der Waals surface area contributed by atoms with Crippen molar-refractivity contribution < 1.29 is 17.0 Å². The van der Waals surface area contributed by atoms with Crippen molar-refractivity contribution in [1.82, 2.24) is 0 Å². The van der Waals surface area contributed by atoms with Crippen LogP contribution in [0.25, 0.3) is 10.6 Å². The molecule has 0 amide bonds. The molecule has 0 heterocycles. The van der Waals surface area contributed by atoms with Gasteiger partial charge in [0.25, 0.3) is 0 Å². The Morgan fingerprint density at radius 1 is 0.773 bits per heavy atom. The summed E-state index contributed by atoms with van der Waals surface area (Å²) in [5, 5.41) is 9.20. The predicted octanol–water partition coefficient (Wildman–Crippen LogP) is 6.78. The van der Waals surface area contributed by atoms with Gasteiger partial charge >= 0.3 is 35.6 Å². The van der Waals surface area contributed by atoms with Crippen molar-refractivity contribution in [2.45, 2.75) is 20.3 Å². The average molecular weight is 371 g/mol. The molecule has 0 aliphatic carbocycles. The van der Waals surface area contributed by atoms with Gasteiger partial charge in [0, 0.05) is 0 Å². The van der Waals surface area contributed by atoms with Crippen molar-refractivity contribution in [2.75, 3.05) is 13.1 Å². The monoisotopic (exact) mass is 370 g/mol. The number of rotatable bonds is 6. The number of nitrogens with zero attached hydrogens (tertiary/aromatic N) is 2. The van der Waals surface area contributed by atoms with E-state index < -0.39 is 17.0 Å². The molecule has 0 atom stereocenters. The molecular weight excluding hydrogens is 351 g/mol. The van der Waals surface area contributed by atoms with Gasteiger partial charge < -0.3 is 10.6 Å². The van der Waals surface area contributed by atoms with Crippen LogP contribution in [0.3, 0.4) is 0 Å². The summed E-state index contributed by atoms with van der Waals surface area (Å²) in [6.45, 7) is 5.85. The number of benzene rings is 2. The van der Waals surface area contributed by atoms with Crippen molar-refractivity contribution in [1.29, 1.82) is 0 Å². The first kappa shape index (κ1) is 19.4. The van der Waals surface area contributed by atoms with E-state index in [9.17, 15) is 0 Å². The van der Waals surface area contributed by atoms with Crippen molar-refractivity contribution >= 4 is 30.0 Å². The Morgan fingerprint density at radius 3 is 1.50 bits per heavy atom. The molecule has 118 valence electrons. The molecule has 2 aromatic carbocycles. The molecule has 0 spiro atoms. The van der Waals surface area contributed by atoms with Gasteiger partial charge in [0.15, 0.2) is 0 Å². The second kappa shape index (κ2) is 11.8. The van der Waals surface area contributed by atoms with Crippen LogP contribution in [0.1, 0.15) is 17.5 Å². The molecule has 5 heteroatoms. The molecular formula is C17H20Cl2N2Ti-2. The van der Waals surface area contributed by atoms with Crippen LogP contribution in [0, 0.1) is 13.8 Å². The van der Waals surface area contributed by atoms with E-state index in [-0.39, 0.29) is 0 Å². The van der Waals surface area contributed by atoms with E-state index in [0.29, 0.717) is 0 Å². The van der Waals surface area contributed by atoms with Crippen LogP contribution in [0.15, 0.2) is 48.5 Å². The number of para-hydroxylation sites is 2. The van der Waals surface area contributed by atoms with Crippen LogP contribution in [0.5, 0.6) is 0 Å². The fraction of sp³-hybridized carbons (Fsp3) is 0.294. The van der Waals surface area contributed by atoms with E-state index in [2.05, 4.69) is 48.7 Å². The van der Waals surface area contributed by atoms with Crippen molar-refractivity contribution in [3.63, 3.8) is 0 Å². The predicted molar refractivity (Wildman–Crippen MR) is 94.5 cm³/mol. The van der Waals surface area contributed by atoms with Crippen LogP contribution >= 0.6 is 18.6 Å². The molecule has 2 nitrogen and oxygen atoms in total. The Bertz CT molecular complexity index is 502. The summed E-state index contributed by atoms with van der Waals surface area (Å²) in [6.07, 6.45) is 0.989. The number of aryl methyl sites for hydroxylation is 2. The first-order chi connectivity index (χ1) is 10.7. The van der Waals surface area contributed by atoms with E-state index in [1.165, 1.54) is 11.1 Å². The summed E-state index contributed by atoms with van der Waals surface area (Å²) in [5.41, 5.74) is 4.66. The van der Waals surface area contributed by atoms with Gasteiger partial charge in [-0.25, -0.2) is 0 Å². The second-order valence-electron chi connectivity index (χ2n) is 4.76. The van der Waals surface area contributed by atoms with Crippen LogP contribution in [-0.4, -0.2) is 13.1 Å². The molecule has 0 saturated heterocycles. The summed E-state index contributed by atoms with van der Waals surface area (Å²) in [5.74, 6) is 0. The van der Waals surface area contributed by atoms with E-state index in [1.54, 1.807) is 0 Å². The standard InChI is InChI=1S/C17H20N2.2ClH.Ti/c1-14-8-3-5-10-16(14)18-12-7-13-19-17-11-6-4-9-15(17)2;;;/h3-6,8-11H,7,12-13H2,1-2H3;2*1H;/q-2;;;+2/p-2. The minimum absolute atomic E-state index is 0.556. The third-order valence-corrected chi connectivity index (χ3v) is 3.11. The molecule has 0 bridgehead atoms. The summed E-state index contributed by atoms with van der Waals surface area (Å²) in [6, 6.07) is 16.5. The molecule has 0 unspecified atom stereocenters. The zero-order valence-corrected chi connectivity index (χ0v) is 16.0. The van der Waals surface area contributed by atoms with Crippen LogP contribution in [0.4, 0.5) is 11.4 Å². The van der Waals surface area contributed by atoms with Gasteiger partial charge in [0.05, 0.1) is 0 Å². The molecule has 2 aromatic rings. The molecule has 0 aliphatic heterocycles. The van der Waals surface area contributed by atoms with Crippen LogP contribution in [-0.2, 0) is 17.0 Å². The molecule has 0 radical (unpaired) electrons. The zero-order valence-electron chi connectivity index (χ0n) is 12.9. The van der Waals surface area contributed by atoms with Crippen LogP contribution < -0.4 is 0 Å². The molecule has 22 heavy (non-hydrogen) atoms. The molecule has 0 fully saturated rings. The van der Waals surface area contributed by atoms with Gasteiger partial charge in [0.2, 0.25) is 0 Å². The van der Waals surface area contributed by atoms with Gasteiger partial charge in [-0.1, -0.05) is 66.1 Å². The molecule has 0 N–H and O–H groups in total. The van der Waals surface area contributed by atoms with E-state index >= 15 is 0 Å². The number of halogens is 2. The van der Waals surface area contributed by atoms with Crippen molar-refractivity contribution in [3.05, 3.63) is 70.3 Å². The number of hydrogen-bond donors (Lipinski definition) is 0. The zero-order chi connectivity index (χ0) is 16.2. The topological polar surface area (TPSA) is 28.2 Å². The molecule has 0 aliphatic rings. The van der Waals surface area contributed by atoms with Gasteiger partial charge in [-0.15, -0.1) is 24.5 Å². The van der Waals surface area contributed by atoms with Gasteiger partial charge in [-0.05, 0) is 13.8 Å². The normalized spacial score (nSPS) is 9.45. The van der Waals surface area contributed by atoms with E-state index in [1.807, 2.05) is 24.3 Å². The molecule has 0 aromatic heterocycles. The third-order valence-electron chi connectivity index (χ3n) is 3.11. The van der Waals surface area contributed by atoms with Gasteiger partial charge in [0.1, 0.15) is 0 Å². The summed E-state index contributed by atoms with van der Waals surface area (Å²) >= 11 is -0.556. The summed E-state index contributed by atoms with van der Waals surface area (Å²) < 4.78 is 0. The van der Waals surface area contributed by atoms with E-state index in [4.69, 9.17) is 18.6 Å². The van der Waals surface area contributed by atoms with Crippen LogP contribution in [0.2, 0.25) is 0 Å². The van der Waals surface area contributed by atoms with Gasteiger partial charge in [-0.2, -0.15) is 0 Å². The molecule has 0 saturated carbocycles. The maximum absolute atomic E-state index is 4.89. The van der Waals surface area contributed by atoms with Crippen molar-refractivity contribution in [3.8, 4) is 0 Å².